The van der Waals surface area contributed by atoms with Crippen LogP contribution in [0, 0.1) is 0 Å². The van der Waals surface area contributed by atoms with E-state index in [1.165, 1.54) is 91.0 Å². The van der Waals surface area contributed by atoms with Gasteiger partial charge in [0, 0.05) is 44.9 Å². The normalized spacial score (nSPS) is 12.5. The molecule has 0 unspecified atom stereocenters. The monoisotopic (exact) mass is 1250 g/mol. The molecular formula is C90H64BN3Si2. The van der Waals surface area contributed by atoms with Crippen molar-refractivity contribution in [1.29, 1.82) is 0 Å². The molecule has 3 nitrogen and oxygen atoms in total. The van der Waals surface area contributed by atoms with Crippen molar-refractivity contribution in [3.63, 3.8) is 0 Å². The summed E-state index contributed by atoms with van der Waals surface area (Å²) in [6, 6.07) is 147. The Kier molecular flexibility index (Phi) is 14.0. The fourth-order valence-corrected chi connectivity index (χ4v) is 25.9. The van der Waals surface area contributed by atoms with Gasteiger partial charge in [0.05, 0.1) is 16.7 Å². The summed E-state index contributed by atoms with van der Waals surface area (Å²) in [6.07, 6.45) is 0. The number of para-hydroxylation sites is 2. The molecule has 0 bridgehead atoms. The lowest BCUT2D eigenvalue weighted by Crippen LogP contribution is -2.75. The van der Waals surface area contributed by atoms with Gasteiger partial charge in [0.2, 0.25) is 0 Å². The first-order valence-corrected chi connectivity index (χ1v) is 37.3. The molecule has 2 aliphatic rings. The lowest BCUT2D eigenvalue weighted by atomic mass is 9.33. The van der Waals surface area contributed by atoms with Gasteiger partial charge in [0.1, 0.15) is 0 Å². The van der Waals surface area contributed by atoms with E-state index in [1.54, 1.807) is 0 Å². The first-order chi connectivity index (χ1) is 47.6. The molecule has 450 valence electrons. The number of hydrogen-bond acceptors (Lipinski definition) is 2. The Bertz CT molecular complexity index is 5280. The second-order valence-corrected chi connectivity index (χ2v) is 33.1. The summed E-state index contributed by atoms with van der Waals surface area (Å²) in [5.41, 5.74) is 18.6. The van der Waals surface area contributed by atoms with Crippen LogP contribution in [0.4, 0.5) is 34.1 Å². The highest BCUT2D eigenvalue weighted by atomic mass is 28.3. The van der Waals surface area contributed by atoms with Gasteiger partial charge >= 0.3 is 0 Å². The van der Waals surface area contributed by atoms with E-state index in [-0.39, 0.29) is 6.71 Å². The van der Waals surface area contributed by atoms with Crippen LogP contribution in [0.15, 0.2) is 388 Å². The van der Waals surface area contributed by atoms with E-state index in [4.69, 9.17) is 0 Å². The largest absolute Gasteiger partial charge is 0.311 e. The van der Waals surface area contributed by atoms with Crippen molar-refractivity contribution in [2.75, 3.05) is 9.80 Å². The van der Waals surface area contributed by atoms with E-state index >= 15 is 0 Å². The summed E-state index contributed by atoms with van der Waals surface area (Å²) in [5, 5.41) is 13.1. The number of rotatable bonds is 13. The van der Waals surface area contributed by atoms with Crippen molar-refractivity contribution in [2.24, 2.45) is 0 Å². The second kappa shape index (κ2) is 23.6. The number of nitrogens with zero attached hydrogens (tertiary/aromatic N) is 3. The molecule has 96 heavy (non-hydrogen) atoms. The van der Waals surface area contributed by atoms with E-state index in [2.05, 4.69) is 403 Å². The number of hydrogen-bond donors (Lipinski definition) is 0. The topological polar surface area (TPSA) is 11.4 Å². The van der Waals surface area contributed by atoms with Gasteiger partial charge in [0.15, 0.2) is 16.1 Å². The van der Waals surface area contributed by atoms with Crippen molar-refractivity contribution >= 4 is 137 Å². The van der Waals surface area contributed by atoms with Crippen molar-refractivity contribution < 1.29 is 0 Å². The standard InChI is InChI=1S/C90H64BN3Si2/c1-9-30-65(31-10-1)67-52-55-69(56-53-67)92-87-64-79(96(75-41-19-6-20-42-75,76-43-21-7-22-44-76)77-45-23-8-24-46-77)57-59-83(87)91-82-58-54-68(66-32-11-2-12-33-66)60-86(82)93(89-63-71(62-88(92)90(89)91)94-84-50-27-25-48-80(84)81-49-26-28-51-85(81)94)70-34-29-47-78(61-70)95(72-35-13-3-14-36-72,73-37-15-4-16-38-73)74-39-17-5-18-40-74/h1-64H. The van der Waals surface area contributed by atoms with E-state index in [0.717, 1.165) is 50.7 Å². The predicted molar refractivity (Wildman–Crippen MR) is 413 cm³/mol. The van der Waals surface area contributed by atoms with Crippen LogP contribution in [0.5, 0.6) is 0 Å². The molecular weight excluding hydrogens is 1190 g/mol. The van der Waals surface area contributed by atoms with Crippen molar-refractivity contribution in [1.82, 2.24) is 4.57 Å². The zero-order valence-electron chi connectivity index (χ0n) is 52.9. The van der Waals surface area contributed by atoms with Crippen LogP contribution in [0.3, 0.4) is 0 Å². The molecule has 0 N–H and O–H groups in total. The molecule has 3 heterocycles. The number of fused-ring (bicyclic) bond motifs is 7. The molecule has 0 spiro atoms. The molecule has 18 rings (SSSR count). The summed E-state index contributed by atoms with van der Waals surface area (Å²) in [7, 11) is -6.12. The highest BCUT2D eigenvalue weighted by molar-refractivity contribution is 7.20. The minimum atomic E-state index is -3.08. The quantitative estimate of drug-likeness (QED) is 0.0842. The van der Waals surface area contributed by atoms with Gasteiger partial charge in [-0.15, -0.1) is 0 Å². The average molecular weight is 1250 g/mol. The zero-order chi connectivity index (χ0) is 63.6. The number of anilines is 6. The molecule has 0 radical (unpaired) electrons. The SMILES string of the molecule is c1ccc(-c2ccc(N3c4cc([Si](c5ccccc5)(c5ccccc5)c5ccccc5)ccc4B4c5ccc(-c6ccccc6)cc5N(c5cccc([Si](c6ccccc6)(c6ccccc6)c6ccccc6)c5)c5cc(-n6c7ccccc7c7ccccc76)cc3c54)cc2)cc1. The number of aromatic nitrogens is 1. The van der Waals surface area contributed by atoms with Gasteiger partial charge in [0.25, 0.3) is 6.71 Å². The van der Waals surface area contributed by atoms with E-state index in [1.807, 2.05) is 0 Å². The van der Waals surface area contributed by atoms with Crippen LogP contribution in [0.25, 0.3) is 49.7 Å². The Hall–Kier alpha value is -11.8. The fourth-order valence-electron chi connectivity index (χ4n) is 16.3. The maximum Gasteiger partial charge on any atom is 0.252 e. The third-order valence-corrected chi connectivity index (χ3v) is 30.0. The van der Waals surface area contributed by atoms with Crippen LogP contribution in [-0.2, 0) is 0 Å². The van der Waals surface area contributed by atoms with Crippen LogP contribution >= 0.6 is 0 Å². The number of benzene rings is 15. The van der Waals surface area contributed by atoms with E-state index in [9.17, 15) is 0 Å². The summed E-state index contributed by atoms with van der Waals surface area (Å²) in [6.45, 7) is -0.182. The Morgan fingerprint density at radius 1 is 0.208 bits per heavy atom. The molecule has 1 aromatic heterocycles. The van der Waals surface area contributed by atoms with Gasteiger partial charge in [-0.3, -0.25) is 0 Å². The average Bonchev–Trinajstić information content (AvgIpc) is 0.756. The van der Waals surface area contributed by atoms with Gasteiger partial charge in [-0.1, -0.05) is 328 Å². The summed E-state index contributed by atoms with van der Waals surface area (Å²) < 4.78 is 2.53. The fraction of sp³-hybridized carbons (Fsp3) is 0. The summed E-state index contributed by atoms with van der Waals surface area (Å²) >= 11 is 0. The minimum absolute atomic E-state index is 0.182. The van der Waals surface area contributed by atoms with E-state index < -0.39 is 16.1 Å². The second-order valence-electron chi connectivity index (χ2n) is 25.4. The first kappa shape index (κ1) is 56.9. The molecule has 0 saturated heterocycles. The third kappa shape index (κ3) is 9.09. The summed E-state index contributed by atoms with van der Waals surface area (Å²) in [5.74, 6) is 0. The van der Waals surface area contributed by atoms with Gasteiger partial charge in [-0.05, 0) is 141 Å². The Labute approximate surface area is 563 Å². The molecule has 15 aromatic carbocycles. The maximum atomic E-state index is 2.65. The van der Waals surface area contributed by atoms with Crippen molar-refractivity contribution in [3.8, 4) is 27.9 Å². The van der Waals surface area contributed by atoms with Crippen LogP contribution < -0.4 is 67.7 Å². The molecule has 16 aromatic rings. The smallest absolute Gasteiger partial charge is 0.252 e. The van der Waals surface area contributed by atoms with Gasteiger partial charge in [-0.25, -0.2) is 0 Å². The predicted octanol–water partition coefficient (Wildman–Crippen LogP) is 15.0. The minimum Gasteiger partial charge on any atom is -0.311 e. The Morgan fingerprint density at radius 2 is 0.552 bits per heavy atom. The highest BCUT2D eigenvalue weighted by Gasteiger charge is 2.48. The lowest BCUT2D eigenvalue weighted by Gasteiger charge is -2.45. The van der Waals surface area contributed by atoms with E-state index in [0.29, 0.717) is 0 Å². The van der Waals surface area contributed by atoms with Gasteiger partial charge < -0.3 is 14.4 Å². The molecule has 0 aliphatic carbocycles. The molecule has 0 amide bonds. The summed E-state index contributed by atoms with van der Waals surface area (Å²) in [4.78, 5) is 5.28. The molecule has 0 saturated carbocycles. The van der Waals surface area contributed by atoms with Crippen molar-refractivity contribution in [2.45, 2.75) is 0 Å². The Balaban J connectivity index is 0.978. The molecule has 2 aliphatic heterocycles. The first-order valence-electron chi connectivity index (χ1n) is 33.3. The maximum absolute atomic E-state index is 3.08. The Morgan fingerprint density at radius 3 is 1.01 bits per heavy atom. The zero-order valence-corrected chi connectivity index (χ0v) is 54.9. The van der Waals surface area contributed by atoms with Gasteiger partial charge in [-0.2, -0.15) is 0 Å². The lowest BCUT2D eigenvalue weighted by molar-refractivity contribution is 1.16. The highest BCUT2D eigenvalue weighted by Crippen LogP contribution is 2.47. The van der Waals surface area contributed by atoms with Crippen LogP contribution in [0.1, 0.15) is 0 Å². The van der Waals surface area contributed by atoms with Crippen LogP contribution in [-0.4, -0.2) is 27.4 Å². The molecule has 0 fully saturated rings. The third-order valence-electron chi connectivity index (χ3n) is 20.4. The van der Waals surface area contributed by atoms with Crippen molar-refractivity contribution in [3.05, 3.63) is 388 Å². The van der Waals surface area contributed by atoms with Crippen LogP contribution in [0.2, 0.25) is 0 Å². The molecule has 0 atom stereocenters. The molecule has 6 heteroatoms.